The second-order valence-electron chi connectivity index (χ2n) is 8.61. The van der Waals surface area contributed by atoms with Gasteiger partial charge in [-0.3, -0.25) is 4.79 Å². The first-order chi connectivity index (χ1) is 15.8. The molecular weight excluding hydrogens is 410 g/mol. The van der Waals surface area contributed by atoms with Gasteiger partial charge < -0.3 is 14.5 Å². The van der Waals surface area contributed by atoms with E-state index < -0.39 is 0 Å². The second-order valence-corrected chi connectivity index (χ2v) is 8.61. The molecule has 0 radical (unpaired) electrons. The predicted molar refractivity (Wildman–Crippen MR) is 136 cm³/mol. The zero-order valence-corrected chi connectivity index (χ0v) is 20.0. The summed E-state index contributed by atoms with van der Waals surface area (Å²) in [5.74, 6) is 0.527. The molecule has 0 bridgehead atoms. The number of methoxy groups -OCH3 is 1. The van der Waals surface area contributed by atoms with E-state index in [0.717, 1.165) is 50.0 Å². The molecule has 3 aromatic carbocycles. The van der Waals surface area contributed by atoms with E-state index in [2.05, 4.69) is 43.4 Å². The molecule has 1 heterocycles. The first-order valence-electron chi connectivity index (χ1n) is 11.0. The van der Waals surface area contributed by atoms with Crippen LogP contribution in [0.3, 0.4) is 0 Å². The molecule has 0 unspecified atom stereocenters. The number of allylic oxidation sites excluding steroid dienone is 1. The molecule has 33 heavy (non-hydrogen) atoms. The van der Waals surface area contributed by atoms with Gasteiger partial charge >= 0.3 is 0 Å². The lowest BCUT2D eigenvalue weighted by Crippen LogP contribution is -2.08. The number of carbonyl (C=O) groups excluding carboxylic acids is 1. The van der Waals surface area contributed by atoms with E-state index in [1.165, 1.54) is 11.1 Å². The van der Waals surface area contributed by atoms with Gasteiger partial charge in [-0.25, -0.2) is 0 Å². The number of anilines is 1. The molecule has 1 aromatic heterocycles. The van der Waals surface area contributed by atoms with Gasteiger partial charge in [0.2, 0.25) is 5.91 Å². The summed E-state index contributed by atoms with van der Waals surface area (Å²) in [5.41, 5.74) is 9.88. The molecule has 0 saturated carbocycles. The van der Waals surface area contributed by atoms with Gasteiger partial charge in [0.15, 0.2) is 0 Å². The SMILES string of the molecule is COc1c(/C(C)=C/C(=O)Nc2ccc(C)cc2)cc2c(-c3ccc(C)cc3C)coc2c1C. The number of hydrogen-bond acceptors (Lipinski definition) is 3. The average molecular weight is 440 g/mol. The van der Waals surface area contributed by atoms with Crippen molar-refractivity contribution in [2.45, 2.75) is 34.6 Å². The highest BCUT2D eigenvalue weighted by Gasteiger charge is 2.19. The van der Waals surface area contributed by atoms with Crippen LogP contribution in [0.15, 0.2) is 65.3 Å². The molecule has 1 amide bonds. The Morgan fingerprint density at radius 2 is 1.64 bits per heavy atom. The summed E-state index contributed by atoms with van der Waals surface area (Å²) in [4.78, 5) is 12.7. The van der Waals surface area contributed by atoms with Gasteiger partial charge in [-0.15, -0.1) is 0 Å². The molecule has 4 nitrogen and oxygen atoms in total. The van der Waals surface area contributed by atoms with Crippen molar-refractivity contribution in [3.63, 3.8) is 0 Å². The molecule has 0 fully saturated rings. The van der Waals surface area contributed by atoms with Crippen LogP contribution in [0.5, 0.6) is 5.75 Å². The summed E-state index contributed by atoms with van der Waals surface area (Å²) in [5, 5.41) is 3.93. The number of nitrogens with one attached hydrogen (secondary N) is 1. The molecule has 0 aliphatic heterocycles. The first-order valence-corrected chi connectivity index (χ1v) is 11.0. The van der Waals surface area contributed by atoms with Crippen molar-refractivity contribution in [3.8, 4) is 16.9 Å². The Kier molecular flexibility index (Phi) is 6.10. The maximum absolute atomic E-state index is 12.7. The maximum Gasteiger partial charge on any atom is 0.248 e. The van der Waals surface area contributed by atoms with Gasteiger partial charge in [0.25, 0.3) is 0 Å². The number of hydrogen-bond donors (Lipinski definition) is 1. The molecule has 0 aliphatic carbocycles. The Labute approximate surface area is 194 Å². The highest BCUT2D eigenvalue weighted by Crippen LogP contribution is 2.41. The molecule has 4 aromatic rings. The van der Waals surface area contributed by atoms with Crippen molar-refractivity contribution in [1.29, 1.82) is 0 Å². The van der Waals surface area contributed by atoms with E-state index in [4.69, 9.17) is 9.15 Å². The minimum atomic E-state index is -0.182. The zero-order valence-electron chi connectivity index (χ0n) is 20.0. The highest BCUT2D eigenvalue weighted by atomic mass is 16.5. The highest BCUT2D eigenvalue weighted by molar-refractivity contribution is 6.06. The summed E-state index contributed by atoms with van der Waals surface area (Å²) in [7, 11) is 1.64. The van der Waals surface area contributed by atoms with E-state index >= 15 is 0 Å². The predicted octanol–water partition coefficient (Wildman–Crippen LogP) is 7.38. The number of ether oxygens (including phenoxy) is 1. The summed E-state index contributed by atoms with van der Waals surface area (Å²) < 4.78 is 11.7. The van der Waals surface area contributed by atoms with Crippen LogP contribution in [0.2, 0.25) is 0 Å². The Morgan fingerprint density at radius 1 is 0.939 bits per heavy atom. The van der Waals surface area contributed by atoms with E-state index in [-0.39, 0.29) is 5.91 Å². The van der Waals surface area contributed by atoms with E-state index in [9.17, 15) is 4.79 Å². The lowest BCUT2D eigenvalue weighted by molar-refractivity contribution is -0.111. The van der Waals surface area contributed by atoms with Crippen molar-refractivity contribution in [3.05, 3.63) is 88.7 Å². The van der Waals surface area contributed by atoms with Crippen molar-refractivity contribution in [2.24, 2.45) is 0 Å². The molecule has 1 N–H and O–H groups in total. The minimum absolute atomic E-state index is 0.182. The minimum Gasteiger partial charge on any atom is -0.496 e. The van der Waals surface area contributed by atoms with Crippen molar-refractivity contribution < 1.29 is 13.9 Å². The molecule has 0 spiro atoms. The number of carbonyl (C=O) groups is 1. The summed E-state index contributed by atoms with van der Waals surface area (Å²) >= 11 is 0. The second kappa shape index (κ2) is 8.99. The van der Waals surface area contributed by atoms with Crippen LogP contribution in [0, 0.1) is 27.7 Å². The number of furan rings is 1. The Morgan fingerprint density at radius 3 is 2.30 bits per heavy atom. The van der Waals surface area contributed by atoms with Crippen molar-refractivity contribution in [2.75, 3.05) is 12.4 Å². The van der Waals surface area contributed by atoms with Gasteiger partial charge in [0.1, 0.15) is 11.3 Å². The van der Waals surface area contributed by atoms with Crippen molar-refractivity contribution >= 4 is 28.1 Å². The van der Waals surface area contributed by atoms with Crippen LogP contribution in [-0.4, -0.2) is 13.0 Å². The number of rotatable bonds is 5. The fraction of sp³-hybridized carbons (Fsp3) is 0.207. The number of amides is 1. The third-order valence-corrected chi connectivity index (χ3v) is 6.01. The average Bonchev–Trinajstić information content (AvgIpc) is 3.19. The smallest absolute Gasteiger partial charge is 0.248 e. The Hall–Kier alpha value is -3.79. The van der Waals surface area contributed by atoms with E-state index in [1.807, 2.05) is 51.3 Å². The quantitative estimate of drug-likeness (QED) is 0.330. The largest absolute Gasteiger partial charge is 0.496 e. The van der Waals surface area contributed by atoms with E-state index in [1.54, 1.807) is 13.2 Å². The molecule has 0 atom stereocenters. The van der Waals surface area contributed by atoms with E-state index in [0.29, 0.717) is 5.75 Å². The van der Waals surface area contributed by atoms with Crippen LogP contribution in [0.4, 0.5) is 5.69 Å². The van der Waals surface area contributed by atoms with Crippen LogP contribution >= 0.6 is 0 Å². The lowest BCUT2D eigenvalue weighted by Gasteiger charge is -2.14. The summed E-state index contributed by atoms with van der Waals surface area (Å²) in [6.07, 6.45) is 3.42. The van der Waals surface area contributed by atoms with Gasteiger partial charge in [-0.2, -0.15) is 0 Å². The molecule has 4 rings (SSSR count). The summed E-state index contributed by atoms with van der Waals surface area (Å²) in [6, 6.07) is 16.2. The Balaban J connectivity index is 1.78. The zero-order chi connectivity index (χ0) is 23.7. The molecule has 168 valence electrons. The monoisotopic (exact) mass is 439 g/mol. The molecule has 0 aliphatic rings. The number of fused-ring (bicyclic) bond motifs is 1. The van der Waals surface area contributed by atoms with Crippen LogP contribution in [0.25, 0.3) is 27.7 Å². The lowest BCUT2D eigenvalue weighted by atomic mass is 9.94. The van der Waals surface area contributed by atoms with Gasteiger partial charge in [0, 0.05) is 33.8 Å². The molecule has 0 saturated heterocycles. The first kappa shape index (κ1) is 22.4. The van der Waals surface area contributed by atoms with Crippen molar-refractivity contribution in [1.82, 2.24) is 0 Å². The normalized spacial score (nSPS) is 11.6. The van der Waals surface area contributed by atoms with Crippen LogP contribution in [-0.2, 0) is 4.79 Å². The fourth-order valence-electron chi connectivity index (χ4n) is 4.29. The summed E-state index contributed by atoms with van der Waals surface area (Å²) in [6.45, 7) is 10.1. The molecule has 4 heteroatoms. The number of benzene rings is 3. The van der Waals surface area contributed by atoms with Crippen LogP contribution in [0.1, 0.15) is 34.7 Å². The van der Waals surface area contributed by atoms with Gasteiger partial charge in [-0.1, -0.05) is 41.5 Å². The number of aryl methyl sites for hydroxylation is 4. The maximum atomic E-state index is 12.7. The molecular formula is C29H29NO3. The third-order valence-electron chi connectivity index (χ3n) is 6.01. The fourth-order valence-corrected chi connectivity index (χ4v) is 4.29. The van der Waals surface area contributed by atoms with Gasteiger partial charge in [0.05, 0.1) is 13.4 Å². The van der Waals surface area contributed by atoms with Gasteiger partial charge in [-0.05, 0) is 69.5 Å². The Bertz CT molecular complexity index is 1370. The third kappa shape index (κ3) is 4.42. The topological polar surface area (TPSA) is 51.5 Å². The van der Waals surface area contributed by atoms with Crippen LogP contribution < -0.4 is 10.1 Å². The standard InChI is InChI=1S/C29H29NO3/c1-17-7-10-22(11-8-17)30-27(31)14-20(4)24-15-25-26(23-12-9-18(2)13-19(23)3)16-33-29(25)21(5)28(24)32-6/h7-16H,1-6H3,(H,30,31)/b20-14+.